The van der Waals surface area contributed by atoms with Crippen LogP contribution < -0.4 is 14.4 Å². The smallest absolute Gasteiger partial charge is 0.257 e. The average Bonchev–Trinajstić information content (AvgIpc) is 3.64. The molecule has 7 rings (SSSR count). The van der Waals surface area contributed by atoms with E-state index in [1.165, 1.54) is 5.56 Å². The molecule has 1 amide bonds. The maximum absolute atomic E-state index is 13.1. The number of benzene rings is 3. The topological polar surface area (TPSA) is 93.8 Å². The van der Waals surface area contributed by atoms with Crippen LogP contribution in [0.2, 0.25) is 0 Å². The van der Waals surface area contributed by atoms with E-state index in [4.69, 9.17) is 14.0 Å². The zero-order valence-electron chi connectivity index (χ0n) is 24.1. The van der Waals surface area contributed by atoms with Crippen LogP contribution in [0.3, 0.4) is 0 Å². The molecule has 4 heterocycles. The van der Waals surface area contributed by atoms with Gasteiger partial charge >= 0.3 is 0 Å². The van der Waals surface area contributed by atoms with E-state index in [-0.39, 0.29) is 11.8 Å². The Balaban J connectivity index is 1.19. The number of fused-ring (bicyclic) bond motifs is 1. The molecule has 0 N–H and O–H groups in total. The fourth-order valence-electron chi connectivity index (χ4n) is 5.63. The Kier molecular flexibility index (Phi) is 6.98. The summed E-state index contributed by atoms with van der Waals surface area (Å²) in [6.07, 6.45) is 2.36. The number of aryl methyl sites for hydroxylation is 1. The van der Waals surface area contributed by atoms with E-state index in [1.807, 2.05) is 84.9 Å². The summed E-state index contributed by atoms with van der Waals surface area (Å²) in [4.78, 5) is 26.1. The molecule has 2 aliphatic heterocycles. The second-order valence-electron chi connectivity index (χ2n) is 11.0. The van der Waals surface area contributed by atoms with Gasteiger partial charge in [0.2, 0.25) is 5.91 Å². The minimum Gasteiger partial charge on any atom is -0.488 e. The number of hydrogen-bond acceptors (Lipinski definition) is 8. The minimum atomic E-state index is 0.142. The van der Waals surface area contributed by atoms with E-state index in [9.17, 15) is 4.79 Å². The SMILES string of the molecule is Cc1noc(-c2ccc(Oc3cc(-c4cnc5c(c4)OCCN5C)ccc3CN3CC(c4ccccc4)CC3=O)cc2)n1. The third-order valence-electron chi connectivity index (χ3n) is 7.98. The molecule has 216 valence electrons. The van der Waals surface area contributed by atoms with Crippen LogP contribution in [0.4, 0.5) is 5.82 Å². The number of hydrogen-bond donors (Lipinski definition) is 0. The molecule has 0 aliphatic carbocycles. The van der Waals surface area contributed by atoms with Gasteiger partial charge in [-0.05, 0) is 54.4 Å². The van der Waals surface area contributed by atoms with Gasteiger partial charge in [0.1, 0.15) is 18.1 Å². The van der Waals surface area contributed by atoms with Crippen LogP contribution in [-0.2, 0) is 11.3 Å². The van der Waals surface area contributed by atoms with Crippen LogP contribution in [0.1, 0.15) is 29.3 Å². The molecule has 0 radical (unpaired) electrons. The monoisotopic (exact) mass is 573 g/mol. The van der Waals surface area contributed by atoms with Crippen molar-refractivity contribution in [2.75, 3.05) is 31.6 Å². The molecule has 1 saturated heterocycles. The van der Waals surface area contributed by atoms with E-state index >= 15 is 0 Å². The molecule has 0 saturated carbocycles. The number of nitrogens with zero attached hydrogens (tertiary/aromatic N) is 5. The van der Waals surface area contributed by atoms with E-state index in [0.717, 1.165) is 40.4 Å². The van der Waals surface area contributed by atoms with Crippen LogP contribution in [0.5, 0.6) is 17.2 Å². The highest BCUT2D eigenvalue weighted by atomic mass is 16.5. The lowest BCUT2D eigenvalue weighted by atomic mass is 9.98. The van der Waals surface area contributed by atoms with Crippen molar-refractivity contribution in [1.29, 1.82) is 0 Å². The number of aromatic nitrogens is 3. The molecule has 1 atom stereocenters. The van der Waals surface area contributed by atoms with Crippen molar-refractivity contribution in [1.82, 2.24) is 20.0 Å². The van der Waals surface area contributed by atoms with Gasteiger partial charge in [-0.15, -0.1) is 0 Å². The van der Waals surface area contributed by atoms with Gasteiger partial charge < -0.3 is 23.8 Å². The van der Waals surface area contributed by atoms with Gasteiger partial charge in [0.05, 0.1) is 6.54 Å². The summed E-state index contributed by atoms with van der Waals surface area (Å²) in [5.41, 5.74) is 4.79. The summed E-state index contributed by atoms with van der Waals surface area (Å²) < 4.78 is 17.7. The number of likely N-dealkylation sites (tertiary alicyclic amines) is 1. The van der Waals surface area contributed by atoms with Crippen LogP contribution in [-0.4, -0.2) is 52.7 Å². The molecular formula is C34H31N5O4. The Morgan fingerprint density at radius 1 is 0.977 bits per heavy atom. The molecule has 5 aromatic rings. The Morgan fingerprint density at radius 3 is 2.58 bits per heavy atom. The van der Waals surface area contributed by atoms with Gasteiger partial charge in [0.15, 0.2) is 17.4 Å². The average molecular weight is 574 g/mol. The number of amides is 1. The van der Waals surface area contributed by atoms with E-state index in [1.54, 1.807) is 6.92 Å². The molecule has 0 spiro atoms. The molecule has 2 aromatic heterocycles. The molecule has 43 heavy (non-hydrogen) atoms. The Morgan fingerprint density at radius 2 is 1.79 bits per heavy atom. The van der Waals surface area contributed by atoms with Gasteiger partial charge in [0.25, 0.3) is 5.89 Å². The van der Waals surface area contributed by atoms with Crippen LogP contribution in [0, 0.1) is 6.92 Å². The Bertz CT molecular complexity index is 1770. The molecule has 2 aliphatic rings. The second kappa shape index (κ2) is 11.2. The van der Waals surface area contributed by atoms with Gasteiger partial charge in [0, 0.05) is 55.4 Å². The predicted octanol–water partition coefficient (Wildman–Crippen LogP) is 6.24. The van der Waals surface area contributed by atoms with Crippen molar-refractivity contribution in [3.63, 3.8) is 0 Å². The normalized spacial score (nSPS) is 16.2. The Hall–Kier alpha value is -5.18. The summed E-state index contributed by atoms with van der Waals surface area (Å²) in [5.74, 6) is 4.28. The maximum atomic E-state index is 13.1. The molecule has 1 fully saturated rings. The third-order valence-corrected chi connectivity index (χ3v) is 7.98. The van der Waals surface area contributed by atoms with Crippen molar-refractivity contribution in [2.24, 2.45) is 0 Å². The second-order valence-corrected chi connectivity index (χ2v) is 11.0. The quantitative estimate of drug-likeness (QED) is 0.226. The summed E-state index contributed by atoms with van der Waals surface area (Å²) in [6, 6.07) is 25.9. The fourth-order valence-corrected chi connectivity index (χ4v) is 5.63. The summed E-state index contributed by atoms with van der Waals surface area (Å²) in [5, 5.41) is 3.88. The number of pyridine rings is 1. The number of ether oxygens (including phenoxy) is 2. The lowest BCUT2D eigenvalue weighted by Crippen LogP contribution is -2.29. The third kappa shape index (κ3) is 5.53. The molecular weight excluding hydrogens is 542 g/mol. The van der Waals surface area contributed by atoms with Crippen molar-refractivity contribution < 1.29 is 18.8 Å². The van der Waals surface area contributed by atoms with E-state index < -0.39 is 0 Å². The molecule has 9 heteroatoms. The Labute approximate surface area is 249 Å². The standard InChI is InChI=1S/C34H31N5O4/c1-22-36-34(43-37-22)24-10-12-29(13-11-24)42-30-16-25(27-17-31-33(35-19-27)38(2)14-15-41-31)8-9-26(30)20-39-21-28(18-32(39)40)23-6-4-3-5-7-23/h3-13,16-17,19,28H,14-15,18,20-21H2,1-2H3. The number of likely N-dealkylation sites (N-methyl/N-ethyl adjacent to an activating group) is 1. The summed E-state index contributed by atoms with van der Waals surface area (Å²) >= 11 is 0. The summed E-state index contributed by atoms with van der Waals surface area (Å²) in [6.45, 7) is 4.33. The molecule has 0 bridgehead atoms. The van der Waals surface area contributed by atoms with Gasteiger partial charge in [-0.1, -0.05) is 47.6 Å². The van der Waals surface area contributed by atoms with Crippen molar-refractivity contribution >= 4 is 11.7 Å². The van der Waals surface area contributed by atoms with E-state index in [2.05, 4.69) is 32.2 Å². The maximum Gasteiger partial charge on any atom is 0.257 e. The first-order valence-electron chi connectivity index (χ1n) is 14.4. The number of carbonyl (C=O) groups is 1. The first-order chi connectivity index (χ1) is 21.0. The van der Waals surface area contributed by atoms with Crippen molar-refractivity contribution in [2.45, 2.75) is 25.8 Å². The van der Waals surface area contributed by atoms with Crippen LogP contribution in [0.15, 0.2) is 89.6 Å². The highest BCUT2D eigenvalue weighted by molar-refractivity contribution is 5.80. The van der Waals surface area contributed by atoms with Crippen molar-refractivity contribution in [3.8, 4) is 39.8 Å². The first kappa shape index (κ1) is 26.7. The number of rotatable bonds is 7. The zero-order chi connectivity index (χ0) is 29.3. The van der Waals surface area contributed by atoms with Gasteiger partial charge in [-0.2, -0.15) is 4.98 Å². The zero-order valence-corrected chi connectivity index (χ0v) is 24.1. The van der Waals surface area contributed by atoms with Crippen LogP contribution in [0.25, 0.3) is 22.6 Å². The lowest BCUT2D eigenvalue weighted by Gasteiger charge is -2.26. The molecule has 3 aromatic carbocycles. The predicted molar refractivity (Wildman–Crippen MR) is 162 cm³/mol. The van der Waals surface area contributed by atoms with Crippen LogP contribution >= 0.6 is 0 Å². The van der Waals surface area contributed by atoms with Gasteiger partial charge in [-0.25, -0.2) is 4.98 Å². The number of anilines is 1. The lowest BCUT2D eigenvalue weighted by molar-refractivity contribution is -0.128. The van der Waals surface area contributed by atoms with Gasteiger partial charge in [-0.3, -0.25) is 4.79 Å². The highest BCUT2D eigenvalue weighted by Crippen LogP contribution is 2.37. The highest BCUT2D eigenvalue weighted by Gasteiger charge is 2.31. The molecule has 1 unspecified atom stereocenters. The van der Waals surface area contributed by atoms with Crippen molar-refractivity contribution in [3.05, 3.63) is 102 Å². The fraction of sp³-hybridized carbons (Fsp3) is 0.235. The minimum absolute atomic E-state index is 0.142. The number of carbonyl (C=O) groups excluding carboxylic acids is 1. The summed E-state index contributed by atoms with van der Waals surface area (Å²) in [7, 11) is 2.02. The largest absolute Gasteiger partial charge is 0.488 e. The molecule has 9 nitrogen and oxygen atoms in total. The first-order valence-corrected chi connectivity index (χ1v) is 14.4. The van der Waals surface area contributed by atoms with E-state index in [0.29, 0.717) is 49.3 Å².